The average molecular weight is 1130 g/mol. The Morgan fingerprint density at radius 3 is 2.01 bits per heavy atom. The molecule has 2 fully saturated rings. The first kappa shape index (κ1) is 67.3. The molecule has 0 unspecified atom stereocenters. The van der Waals surface area contributed by atoms with E-state index in [0.717, 1.165) is 80.4 Å². The summed E-state index contributed by atoms with van der Waals surface area (Å²) in [7, 11) is 0. The number of rotatable bonds is 33. The van der Waals surface area contributed by atoms with E-state index in [9.17, 15) is 94.4 Å². The number of phenols is 1. The molecule has 0 saturated carbocycles. The fourth-order valence-electron chi connectivity index (χ4n) is 9.86. The number of β-amino-alcohol motifs (C(OH)–C–C–N with tert-alkyl or cyclic N) is 1. The Balaban J connectivity index is 1.81. The number of nitro groups is 1. The molecule has 27 nitrogen and oxygen atoms in total. The van der Waals surface area contributed by atoms with Crippen LogP contribution >= 0.6 is 0 Å². The van der Waals surface area contributed by atoms with Crippen LogP contribution in [0, 0.1) is 27.9 Å². The summed E-state index contributed by atoms with van der Waals surface area (Å²) in [6.45, 7) is 9.21. The Kier molecular flexibility index (Phi) is 27.1. The number of nitrogens with two attached hydrogens (primary N) is 1. The number of ketones is 1. The van der Waals surface area contributed by atoms with Crippen LogP contribution in [0.15, 0.2) is 18.2 Å². The third kappa shape index (κ3) is 20.0. The predicted molar refractivity (Wildman–Crippen MR) is 280 cm³/mol. The van der Waals surface area contributed by atoms with E-state index in [1.165, 1.54) is 13.3 Å². The number of nitro benzene ring substituents is 1. The number of aliphatic hydroxyl groups is 8. The monoisotopic (exact) mass is 1120 g/mol. The number of hydrogen-bond acceptors (Lipinski definition) is 19. The molecule has 7 amide bonds. The molecule has 2 heterocycles. The van der Waals surface area contributed by atoms with E-state index in [1.807, 2.05) is 0 Å². The first-order valence-electron chi connectivity index (χ1n) is 27.0. The van der Waals surface area contributed by atoms with E-state index in [0.29, 0.717) is 24.7 Å². The zero-order valence-electron chi connectivity index (χ0n) is 45.8. The highest BCUT2D eigenvalue weighted by Crippen LogP contribution is 2.31. The molecule has 2 saturated heterocycles. The third-order valence-corrected chi connectivity index (χ3v) is 14.8. The lowest BCUT2D eigenvalue weighted by molar-refractivity contribution is -0.386. The third-order valence-electron chi connectivity index (χ3n) is 14.8. The fourth-order valence-corrected chi connectivity index (χ4v) is 9.86. The summed E-state index contributed by atoms with van der Waals surface area (Å²) in [6, 6.07) is -6.35. The maximum absolute atomic E-state index is 14.3. The van der Waals surface area contributed by atoms with E-state index in [4.69, 9.17) is 5.73 Å². The summed E-state index contributed by atoms with van der Waals surface area (Å²) in [5.74, 6) is -8.82. The quantitative estimate of drug-likeness (QED) is 0.0161. The van der Waals surface area contributed by atoms with E-state index in [-0.39, 0.29) is 24.9 Å². The van der Waals surface area contributed by atoms with Crippen molar-refractivity contribution >= 4 is 52.8 Å². The number of nitrogens with one attached hydrogen (secondary N) is 4. The van der Waals surface area contributed by atoms with Gasteiger partial charge in [0.2, 0.25) is 41.4 Å². The number of aliphatic hydroxyl groups excluding tert-OH is 8. The molecule has 16 atom stereocenters. The maximum atomic E-state index is 14.3. The molecule has 446 valence electrons. The van der Waals surface area contributed by atoms with Gasteiger partial charge >= 0.3 is 5.69 Å². The van der Waals surface area contributed by atoms with Gasteiger partial charge in [0, 0.05) is 38.4 Å². The molecule has 0 aliphatic carbocycles. The summed E-state index contributed by atoms with van der Waals surface area (Å²) < 4.78 is 0. The molecule has 0 aromatic heterocycles. The molecule has 3 rings (SSSR count). The Labute approximate surface area is 458 Å². The van der Waals surface area contributed by atoms with Gasteiger partial charge < -0.3 is 82.8 Å². The van der Waals surface area contributed by atoms with Gasteiger partial charge in [-0.05, 0) is 56.6 Å². The van der Waals surface area contributed by atoms with Crippen LogP contribution in [0.5, 0.6) is 5.75 Å². The number of amides is 7. The van der Waals surface area contributed by atoms with Crippen LogP contribution in [-0.2, 0) is 38.4 Å². The Hall–Kier alpha value is -5.94. The molecular weight excluding hydrogens is 1040 g/mol. The lowest BCUT2D eigenvalue weighted by atomic mass is 9.91. The number of hydrogen-bond donors (Lipinski definition) is 14. The Bertz CT molecular complexity index is 2260. The SMILES string of the molecule is CC[C@H](C)C[C@H](C)CCCCCCCCC(=O)N[C@@H](C[C@@H](O)[C@@H](O)NC(=O)[C@@H]1[C@@H](O)CCN1C(=O)[C@@H](C)[C@H](O)CC(N)=O)C(=O)N[C@H](C(=O)N1C[C@H](O)C[C@H]1C(=O)N[C@H](C(C)=O)[C@H](O)[C@@H](O)c1ccc(O)c([N+](=O)[O-])c1)[C@@H](C)O. The fraction of sp³-hybridized carbons (Fsp3) is 0.731. The minimum absolute atomic E-state index is 0.107. The molecule has 79 heavy (non-hydrogen) atoms. The van der Waals surface area contributed by atoms with Gasteiger partial charge in [-0.2, -0.15) is 0 Å². The molecule has 27 heteroatoms. The van der Waals surface area contributed by atoms with Gasteiger partial charge in [0.05, 0.1) is 41.7 Å². The second kappa shape index (κ2) is 31.7. The summed E-state index contributed by atoms with van der Waals surface area (Å²) in [4.78, 5) is 119. The molecular formula is C52H84N8O19. The number of benzene rings is 1. The van der Waals surface area contributed by atoms with Gasteiger partial charge in [0.1, 0.15) is 48.5 Å². The zero-order valence-corrected chi connectivity index (χ0v) is 45.8. The van der Waals surface area contributed by atoms with Gasteiger partial charge in [0.15, 0.2) is 17.8 Å². The van der Waals surface area contributed by atoms with Crippen LogP contribution < -0.4 is 27.0 Å². The van der Waals surface area contributed by atoms with Crippen LogP contribution in [0.25, 0.3) is 0 Å². The summed E-state index contributed by atoms with van der Waals surface area (Å²) in [5, 5.41) is 117. The van der Waals surface area contributed by atoms with Gasteiger partial charge in [-0.15, -0.1) is 0 Å². The Morgan fingerprint density at radius 1 is 0.785 bits per heavy atom. The van der Waals surface area contributed by atoms with Crippen molar-refractivity contribution in [2.75, 3.05) is 13.1 Å². The normalized spacial score (nSPS) is 21.9. The minimum atomic E-state index is -2.24. The van der Waals surface area contributed by atoms with Crippen LogP contribution in [0.2, 0.25) is 0 Å². The van der Waals surface area contributed by atoms with Gasteiger partial charge in [0.25, 0.3) is 0 Å². The van der Waals surface area contributed by atoms with Crippen molar-refractivity contribution in [2.24, 2.45) is 23.5 Å². The van der Waals surface area contributed by atoms with Crippen LogP contribution in [-0.4, -0.2) is 194 Å². The van der Waals surface area contributed by atoms with Crippen molar-refractivity contribution in [1.29, 1.82) is 0 Å². The molecule has 1 aromatic carbocycles. The largest absolute Gasteiger partial charge is 0.502 e. The number of aromatic hydroxyl groups is 1. The first-order valence-corrected chi connectivity index (χ1v) is 27.0. The van der Waals surface area contributed by atoms with E-state index < -0.39 is 174 Å². The highest BCUT2D eigenvalue weighted by atomic mass is 16.6. The molecule has 15 N–H and O–H groups in total. The van der Waals surface area contributed by atoms with Gasteiger partial charge in [-0.1, -0.05) is 78.7 Å². The highest BCUT2D eigenvalue weighted by molar-refractivity contribution is 5.96. The molecule has 0 spiro atoms. The van der Waals surface area contributed by atoms with E-state index in [1.54, 1.807) is 0 Å². The van der Waals surface area contributed by atoms with Gasteiger partial charge in [-0.3, -0.25) is 48.5 Å². The smallest absolute Gasteiger partial charge is 0.311 e. The number of Topliss-reactive ketones (excluding diaryl/α,β-unsaturated/α-hetero) is 1. The van der Waals surface area contributed by atoms with Crippen molar-refractivity contribution in [3.8, 4) is 5.75 Å². The maximum Gasteiger partial charge on any atom is 0.311 e. The van der Waals surface area contributed by atoms with Crippen molar-refractivity contribution in [3.63, 3.8) is 0 Å². The molecule has 2 aliphatic heterocycles. The average Bonchev–Trinajstić information content (AvgIpc) is 3.98. The van der Waals surface area contributed by atoms with Crippen LogP contribution in [0.3, 0.4) is 0 Å². The first-order chi connectivity index (χ1) is 37.0. The lowest BCUT2D eigenvalue weighted by Gasteiger charge is -2.33. The predicted octanol–water partition coefficient (Wildman–Crippen LogP) is -1.71. The second-order valence-electron chi connectivity index (χ2n) is 21.4. The zero-order chi connectivity index (χ0) is 59.6. The van der Waals surface area contributed by atoms with Crippen molar-refractivity contribution < 1.29 is 89.2 Å². The molecule has 0 bridgehead atoms. The topological polar surface area (TPSA) is 442 Å². The summed E-state index contributed by atoms with van der Waals surface area (Å²) in [6.07, 6.45) is -8.59. The molecule has 1 aromatic rings. The molecule has 2 aliphatic rings. The van der Waals surface area contributed by atoms with E-state index in [2.05, 4.69) is 42.0 Å². The van der Waals surface area contributed by atoms with Crippen LogP contribution in [0.4, 0.5) is 5.69 Å². The van der Waals surface area contributed by atoms with Crippen molar-refractivity contribution in [1.82, 2.24) is 31.1 Å². The van der Waals surface area contributed by atoms with Crippen molar-refractivity contribution in [3.05, 3.63) is 33.9 Å². The lowest BCUT2D eigenvalue weighted by Crippen LogP contribution is -2.61. The Morgan fingerprint density at radius 2 is 1.42 bits per heavy atom. The standard InChI is InChI=1S/C52H84N8O19/c1-7-26(2)20-27(3)14-12-10-8-9-11-13-15-41(69)54-33(23-39(67)49(74)57-50(75)44-37(65)18-19-58(44)51(76)28(4)38(66)24-40(53)68)47(72)56-43(30(6)62)52(77)59-25-32(63)22-35(59)48(73)55-42(29(5)61)46(71)45(70)31-16-17-36(64)34(21-31)60(78)79/h16-17,21,26-28,30,32-33,35,37-39,42-46,49,62-67,70-71,74H,7-15,18-20,22-25H2,1-6H3,(H2,53,68)(H,54,69)(H,55,73)(H,56,72)(H,57,75)/t26-,27+,28-,30+,32+,33-,35-,37-,38+,39+,42+,43-,44-,45-,46-,49+/m0/s1. The number of carbonyl (C=O) groups excluding carboxylic acids is 8. The second-order valence-corrected chi connectivity index (χ2v) is 21.4. The number of phenolic OH excluding ortho intramolecular Hbond substituents is 1. The number of nitrogens with zero attached hydrogens (tertiary/aromatic N) is 3. The summed E-state index contributed by atoms with van der Waals surface area (Å²) >= 11 is 0. The number of carbonyl (C=O) groups is 8. The number of unbranched alkanes of at least 4 members (excludes halogenated alkanes) is 5. The van der Waals surface area contributed by atoms with Gasteiger partial charge in [-0.25, -0.2) is 0 Å². The number of likely N-dealkylation sites (tertiary alicyclic amines) is 2. The van der Waals surface area contributed by atoms with Crippen LogP contribution in [0.1, 0.15) is 143 Å². The molecule has 0 radical (unpaired) electrons. The van der Waals surface area contributed by atoms with E-state index >= 15 is 0 Å². The summed E-state index contributed by atoms with van der Waals surface area (Å²) in [5.41, 5.74) is 3.99. The minimum Gasteiger partial charge on any atom is -0.502 e. The highest BCUT2D eigenvalue weighted by Gasteiger charge is 2.47. The number of primary amides is 1. The van der Waals surface area contributed by atoms with Crippen molar-refractivity contribution in [2.45, 2.75) is 211 Å².